The number of carbonyl (C=O) groups excluding carboxylic acids is 1. The van der Waals surface area contributed by atoms with Gasteiger partial charge in [0.2, 0.25) is 0 Å². The second kappa shape index (κ2) is 4.26. The van der Waals surface area contributed by atoms with Crippen molar-refractivity contribution in [2.45, 2.75) is 13.3 Å². The zero-order chi connectivity index (χ0) is 10.7. The Balaban J connectivity index is 2.99. The molecule has 0 heterocycles. The Morgan fingerprint density at radius 1 is 1.29 bits per heavy atom. The van der Waals surface area contributed by atoms with Gasteiger partial charge in [0.25, 0.3) is 0 Å². The highest BCUT2D eigenvalue weighted by Crippen LogP contribution is 2.17. The molecule has 0 aliphatic heterocycles. The standard InChI is InChI=1S/C10H9F3O/c1-6(5-14)4-7-2-3-8(11)10(13)9(7)12/h2-3,5-6H,4H2,1H3. The highest BCUT2D eigenvalue weighted by atomic mass is 19.2. The number of hydrogen-bond donors (Lipinski definition) is 0. The van der Waals surface area contributed by atoms with Crippen LogP contribution in [0.5, 0.6) is 0 Å². The quantitative estimate of drug-likeness (QED) is 0.543. The summed E-state index contributed by atoms with van der Waals surface area (Å²) in [7, 11) is 0. The van der Waals surface area contributed by atoms with E-state index in [1.807, 2.05) is 0 Å². The van der Waals surface area contributed by atoms with E-state index in [1.54, 1.807) is 6.92 Å². The summed E-state index contributed by atoms with van der Waals surface area (Å²) in [5.41, 5.74) is 0.0171. The smallest absolute Gasteiger partial charge is 0.194 e. The molecule has 0 fully saturated rings. The van der Waals surface area contributed by atoms with Crippen LogP contribution in [0, 0.1) is 23.4 Å². The van der Waals surface area contributed by atoms with Gasteiger partial charge in [0.15, 0.2) is 17.5 Å². The Hall–Kier alpha value is -1.32. The highest BCUT2D eigenvalue weighted by Gasteiger charge is 2.14. The Kier molecular flexibility index (Phi) is 3.28. The zero-order valence-electron chi connectivity index (χ0n) is 7.56. The van der Waals surface area contributed by atoms with Gasteiger partial charge in [-0.15, -0.1) is 0 Å². The summed E-state index contributed by atoms with van der Waals surface area (Å²) < 4.78 is 38.2. The van der Waals surface area contributed by atoms with Crippen LogP contribution < -0.4 is 0 Å². The summed E-state index contributed by atoms with van der Waals surface area (Å²) in [5, 5.41) is 0. The van der Waals surface area contributed by atoms with E-state index < -0.39 is 23.4 Å². The maximum Gasteiger partial charge on any atom is 0.194 e. The number of carbonyl (C=O) groups is 1. The third-order valence-corrected chi connectivity index (χ3v) is 1.89. The van der Waals surface area contributed by atoms with Gasteiger partial charge in [0, 0.05) is 5.92 Å². The second-order valence-corrected chi connectivity index (χ2v) is 3.15. The van der Waals surface area contributed by atoms with E-state index in [0.717, 1.165) is 12.1 Å². The SMILES string of the molecule is CC(C=O)Cc1ccc(F)c(F)c1F. The van der Waals surface area contributed by atoms with Crippen molar-refractivity contribution in [3.63, 3.8) is 0 Å². The molecule has 76 valence electrons. The first-order valence-electron chi connectivity index (χ1n) is 4.14. The monoisotopic (exact) mass is 202 g/mol. The van der Waals surface area contributed by atoms with E-state index >= 15 is 0 Å². The van der Waals surface area contributed by atoms with Crippen molar-refractivity contribution in [3.8, 4) is 0 Å². The minimum atomic E-state index is -1.49. The molecule has 0 spiro atoms. The summed E-state index contributed by atoms with van der Waals surface area (Å²) in [6, 6.07) is 2.00. The van der Waals surface area contributed by atoms with Gasteiger partial charge in [-0.25, -0.2) is 13.2 Å². The Morgan fingerprint density at radius 2 is 1.93 bits per heavy atom. The van der Waals surface area contributed by atoms with E-state index in [2.05, 4.69) is 0 Å². The predicted molar refractivity (Wildman–Crippen MR) is 45.2 cm³/mol. The van der Waals surface area contributed by atoms with Crippen molar-refractivity contribution >= 4 is 6.29 Å². The van der Waals surface area contributed by atoms with Crippen LogP contribution in [0.2, 0.25) is 0 Å². The predicted octanol–water partition coefficient (Wildman–Crippen LogP) is 2.48. The van der Waals surface area contributed by atoms with Crippen molar-refractivity contribution in [3.05, 3.63) is 35.1 Å². The fourth-order valence-electron chi connectivity index (χ4n) is 1.12. The molecule has 0 aliphatic rings. The van der Waals surface area contributed by atoms with Crippen LogP contribution in [0.3, 0.4) is 0 Å². The van der Waals surface area contributed by atoms with Gasteiger partial charge in [-0.1, -0.05) is 13.0 Å². The van der Waals surface area contributed by atoms with Crippen molar-refractivity contribution in [2.24, 2.45) is 5.92 Å². The maximum absolute atomic E-state index is 13.0. The molecule has 1 aromatic rings. The van der Waals surface area contributed by atoms with Gasteiger partial charge in [-0.2, -0.15) is 0 Å². The lowest BCUT2D eigenvalue weighted by molar-refractivity contribution is -0.110. The van der Waals surface area contributed by atoms with Crippen LogP contribution in [-0.2, 0) is 11.2 Å². The summed E-state index contributed by atoms with van der Waals surface area (Å²) >= 11 is 0. The first-order valence-corrected chi connectivity index (χ1v) is 4.14. The topological polar surface area (TPSA) is 17.1 Å². The van der Waals surface area contributed by atoms with Crippen molar-refractivity contribution in [1.82, 2.24) is 0 Å². The largest absolute Gasteiger partial charge is 0.303 e. The average Bonchev–Trinajstić information content (AvgIpc) is 2.19. The maximum atomic E-state index is 13.0. The first-order chi connectivity index (χ1) is 6.56. The van der Waals surface area contributed by atoms with E-state index in [9.17, 15) is 18.0 Å². The molecule has 0 N–H and O–H groups in total. The number of benzene rings is 1. The van der Waals surface area contributed by atoms with Crippen LogP contribution in [0.25, 0.3) is 0 Å². The number of halogens is 3. The second-order valence-electron chi connectivity index (χ2n) is 3.15. The Morgan fingerprint density at radius 3 is 2.50 bits per heavy atom. The lowest BCUT2D eigenvalue weighted by atomic mass is 10.0. The average molecular weight is 202 g/mol. The molecule has 1 aromatic carbocycles. The molecule has 1 atom stereocenters. The van der Waals surface area contributed by atoms with Crippen LogP contribution in [0.4, 0.5) is 13.2 Å². The normalized spacial score (nSPS) is 12.6. The molecule has 4 heteroatoms. The Labute approximate surface area is 79.5 Å². The van der Waals surface area contributed by atoms with Crippen LogP contribution in [-0.4, -0.2) is 6.29 Å². The molecular weight excluding hydrogens is 193 g/mol. The summed E-state index contributed by atoms with van der Waals surface area (Å²) in [6.45, 7) is 1.58. The molecule has 14 heavy (non-hydrogen) atoms. The molecule has 0 bridgehead atoms. The van der Waals surface area contributed by atoms with Crippen molar-refractivity contribution in [2.75, 3.05) is 0 Å². The molecule has 1 unspecified atom stereocenters. The zero-order valence-corrected chi connectivity index (χ0v) is 7.56. The van der Waals surface area contributed by atoms with Crippen molar-refractivity contribution < 1.29 is 18.0 Å². The van der Waals surface area contributed by atoms with Crippen LogP contribution in [0.15, 0.2) is 12.1 Å². The molecule has 1 nitrogen and oxygen atoms in total. The Bertz CT molecular complexity index is 349. The van der Waals surface area contributed by atoms with Crippen molar-refractivity contribution in [1.29, 1.82) is 0 Å². The van der Waals surface area contributed by atoms with Gasteiger partial charge in [-0.3, -0.25) is 0 Å². The third-order valence-electron chi connectivity index (χ3n) is 1.89. The minimum Gasteiger partial charge on any atom is -0.303 e. The molecule has 0 radical (unpaired) electrons. The van der Waals surface area contributed by atoms with Crippen LogP contribution in [0.1, 0.15) is 12.5 Å². The van der Waals surface area contributed by atoms with Crippen LogP contribution >= 0.6 is 0 Å². The first kappa shape index (κ1) is 10.8. The number of rotatable bonds is 3. The van der Waals surface area contributed by atoms with E-state index in [1.165, 1.54) is 0 Å². The molecular formula is C10H9F3O. The molecule has 1 rings (SSSR count). The summed E-state index contributed by atoms with van der Waals surface area (Å²) in [5.74, 6) is -4.32. The molecule has 0 amide bonds. The fraction of sp³-hybridized carbons (Fsp3) is 0.300. The number of aldehydes is 1. The third kappa shape index (κ3) is 2.13. The van der Waals surface area contributed by atoms with E-state index in [0.29, 0.717) is 6.29 Å². The van der Waals surface area contributed by atoms with Gasteiger partial charge >= 0.3 is 0 Å². The molecule has 0 saturated carbocycles. The molecule has 0 aliphatic carbocycles. The lowest BCUT2D eigenvalue weighted by Crippen LogP contribution is -2.05. The number of hydrogen-bond acceptors (Lipinski definition) is 1. The van der Waals surface area contributed by atoms with E-state index in [4.69, 9.17) is 0 Å². The minimum absolute atomic E-state index is 0.0171. The summed E-state index contributed by atoms with van der Waals surface area (Å²) in [6.07, 6.45) is 0.716. The fourth-order valence-corrected chi connectivity index (χ4v) is 1.12. The molecule has 0 saturated heterocycles. The lowest BCUT2D eigenvalue weighted by Gasteiger charge is -2.06. The van der Waals surface area contributed by atoms with E-state index in [-0.39, 0.29) is 12.0 Å². The summed E-state index contributed by atoms with van der Waals surface area (Å²) in [4.78, 5) is 10.3. The van der Waals surface area contributed by atoms with Gasteiger partial charge in [0.05, 0.1) is 0 Å². The van der Waals surface area contributed by atoms with Gasteiger partial charge < -0.3 is 4.79 Å². The van der Waals surface area contributed by atoms with Gasteiger partial charge in [0.1, 0.15) is 6.29 Å². The molecule has 0 aromatic heterocycles. The van der Waals surface area contributed by atoms with Gasteiger partial charge in [-0.05, 0) is 18.1 Å². The highest BCUT2D eigenvalue weighted by molar-refractivity contribution is 5.53.